The van der Waals surface area contributed by atoms with Crippen molar-refractivity contribution in [2.24, 2.45) is 0 Å². The summed E-state index contributed by atoms with van der Waals surface area (Å²) in [5, 5.41) is 7.34. The Hall–Kier alpha value is -3.41. The van der Waals surface area contributed by atoms with Gasteiger partial charge in [0.2, 0.25) is 5.91 Å². The summed E-state index contributed by atoms with van der Waals surface area (Å²) in [6, 6.07) is 16.6. The van der Waals surface area contributed by atoms with E-state index in [9.17, 15) is 9.59 Å². The molecular formula is C24H28N4O2. The lowest BCUT2D eigenvalue weighted by Gasteiger charge is -2.28. The van der Waals surface area contributed by atoms with E-state index >= 15 is 0 Å². The van der Waals surface area contributed by atoms with Crippen LogP contribution in [0.3, 0.4) is 0 Å². The van der Waals surface area contributed by atoms with Crippen LogP contribution in [0.4, 0.5) is 5.69 Å². The second kappa shape index (κ2) is 9.39. The van der Waals surface area contributed by atoms with E-state index in [1.54, 1.807) is 22.7 Å². The molecule has 1 heterocycles. The largest absolute Gasteiger partial charge is 0.327 e. The molecule has 2 aromatic carbocycles. The first-order valence-electron chi connectivity index (χ1n) is 10.2. The lowest BCUT2D eigenvalue weighted by atomic mass is 10.1. The Morgan fingerprint density at radius 1 is 1.07 bits per heavy atom. The number of carbonyl (C=O) groups is 2. The highest BCUT2D eigenvalue weighted by Gasteiger charge is 2.28. The third-order valence-electron chi connectivity index (χ3n) is 5.20. The van der Waals surface area contributed by atoms with E-state index in [0.717, 1.165) is 23.4 Å². The van der Waals surface area contributed by atoms with Gasteiger partial charge in [0.05, 0.1) is 23.1 Å². The number of rotatable bonds is 7. The van der Waals surface area contributed by atoms with Gasteiger partial charge >= 0.3 is 0 Å². The van der Waals surface area contributed by atoms with E-state index in [-0.39, 0.29) is 11.8 Å². The summed E-state index contributed by atoms with van der Waals surface area (Å²) < 4.78 is 1.78. The van der Waals surface area contributed by atoms with Crippen LogP contribution in [0, 0.1) is 13.8 Å². The zero-order chi connectivity index (χ0) is 21.7. The SMILES string of the molecule is CCCN(C(=O)c1cnn(-c2ccccc2C)c1C)C(C)C(=O)Nc1ccccc1. The summed E-state index contributed by atoms with van der Waals surface area (Å²) in [6.45, 7) is 8.12. The van der Waals surface area contributed by atoms with Crippen molar-refractivity contribution < 1.29 is 9.59 Å². The molecule has 3 rings (SSSR count). The Balaban J connectivity index is 1.85. The van der Waals surface area contributed by atoms with E-state index < -0.39 is 6.04 Å². The minimum absolute atomic E-state index is 0.190. The molecule has 0 aliphatic heterocycles. The maximum Gasteiger partial charge on any atom is 0.258 e. The van der Waals surface area contributed by atoms with Gasteiger partial charge in [0, 0.05) is 12.2 Å². The van der Waals surface area contributed by atoms with Crippen LogP contribution in [-0.2, 0) is 4.79 Å². The molecule has 1 unspecified atom stereocenters. The van der Waals surface area contributed by atoms with Crippen LogP contribution in [-0.4, -0.2) is 39.1 Å². The summed E-state index contributed by atoms with van der Waals surface area (Å²) >= 11 is 0. The van der Waals surface area contributed by atoms with Crippen molar-refractivity contribution in [1.82, 2.24) is 14.7 Å². The second-order valence-electron chi connectivity index (χ2n) is 7.37. The second-order valence-corrected chi connectivity index (χ2v) is 7.37. The van der Waals surface area contributed by atoms with Crippen molar-refractivity contribution in [3.63, 3.8) is 0 Å². The maximum absolute atomic E-state index is 13.4. The molecule has 30 heavy (non-hydrogen) atoms. The topological polar surface area (TPSA) is 67.2 Å². The van der Waals surface area contributed by atoms with Crippen molar-refractivity contribution in [1.29, 1.82) is 0 Å². The molecule has 0 fully saturated rings. The number of hydrogen-bond donors (Lipinski definition) is 1. The number of benzene rings is 2. The fourth-order valence-corrected chi connectivity index (χ4v) is 3.44. The first-order chi connectivity index (χ1) is 14.4. The van der Waals surface area contributed by atoms with Gasteiger partial charge in [0.1, 0.15) is 6.04 Å². The average Bonchev–Trinajstić information content (AvgIpc) is 3.13. The predicted molar refractivity (Wildman–Crippen MR) is 119 cm³/mol. The molecule has 1 N–H and O–H groups in total. The standard InChI is InChI=1S/C24H28N4O2/c1-5-15-27(19(4)23(29)26-20-12-7-6-8-13-20)24(30)21-16-25-28(18(21)3)22-14-10-9-11-17(22)2/h6-14,16,19H,5,15H2,1-4H3,(H,26,29). The molecule has 0 aliphatic carbocycles. The Kier molecular flexibility index (Phi) is 6.67. The van der Waals surface area contributed by atoms with Crippen LogP contribution in [0.2, 0.25) is 0 Å². The van der Waals surface area contributed by atoms with Gasteiger partial charge in [-0.1, -0.05) is 43.3 Å². The molecule has 6 nitrogen and oxygen atoms in total. The molecule has 0 bridgehead atoms. The molecule has 0 saturated heterocycles. The van der Waals surface area contributed by atoms with E-state index in [0.29, 0.717) is 17.8 Å². The maximum atomic E-state index is 13.4. The van der Waals surface area contributed by atoms with E-state index in [4.69, 9.17) is 0 Å². The van der Waals surface area contributed by atoms with Gasteiger partial charge in [0.15, 0.2) is 0 Å². The number of aromatic nitrogens is 2. The van der Waals surface area contributed by atoms with Crippen LogP contribution in [0.15, 0.2) is 60.8 Å². The zero-order valence-corrected chi connectivity index (χ0v) is 17.9. The number of nitrogens with zero attached hydrogens (tertiary/aromatic N) is 3. The summed E-state index contributed by atoms with van der Waals surface area (Å²) in [7, 11) is 0. The summed E-state index contributed by atoms with van der Waals surface area (Å²) in [5.41, 5.74) is 3.98. The fraction of sp³-hybridized carbons (Fsp3) is 0.292. The number of nitrogens with one attached hydrogen (secondary N) is 1. The monoisotopic (exact) mass is 404 g/mol. The number of carbonyl (C=O) groups excluding carboxylic acids is 2. The molecule has 0 aliphatic rings. The van der Waals surface area contributed by atoms with Crippen LogP contribution >= 0.6 is 0 Å². The first-order valence-corrected chi connectivity index (χ1v) is 10.2. The number of anilines is 1. The third-order valence-corrected chi connectivity index (χ3v) is 5.20. The van der Waals surface area contributed by atoms with Crippen LogP contribution < -0.4 is 5.32 Å². The quantitative estimate of drug-likeness (QED) is 0.636. The van der Waals surface area contributed by atoms with Crippen molar-refractivity contribution in [2.75, 3.05) is 11.9 Å². The van der Waals surface area contributed by atoms with Crippen molar-refractivity contribution in [3.05, 3.63) is 77.6 Å². The Morgan fingerprint density at radius 3 is 2.40 bits per heavy atom. The smallest absolute Gasteiger partial charge is 0.258 e. The van der Waals surface area contributed by atoms with Crippen LogP contribution in [0.1, 0.15) is 41.9 Å². The van der Waals surface area contributed by atoms with E-state index in [1.165, 1.54) is 0 Å². The molecule has 0 spiro atoms. The van der Waals surface area contributed by atoms with Gasteiger partial charge in [-0.3, -0.25) is 9.59 Å². The predicted octanol–water partition coefficient (Wildman–Crippen LogP) is 4.37. The molecule has 6 heteroatoms. The van der Waals surface area contributed by atoms with Gasteiger partial charge in [-0.25, -0.2) is 4.68 Å². The highest BCUT2D eigenvalue weighted by Crippen LogP contribution is 2.20. The molecule has 156 valence electrons. The number of aryl methyl sites for hydroxylation is 1. The highest BCUT2D eigenvalue weighted by molar-refractivity contribution is 6.01. The van der Waals surface area contributed by atoms with Crippen molar-refractivity contribution in [3.8, 4) is 5.69 Å². The zero-order valence-electron chi connectivity index (χ0n) is 17.9. The first kappa shape index (κ1) is 21.3. The van der Waals surface area contributed by atoms with Gasteiger partial charge in [0.25, 0.3) is 5.91 Å². The van der Waals surface area contributed by atoms with Crippen LogP contribution in [0.25, 0.3) is 5.69 Å². The number of para-hydroxylation sites is 2. The fourth-order valence-electron chi connectivity index (χ4n) is 3.44. The minimum Gasteiger partial charge on any atom is -0.327 e. The summed E-state index contributed by atoms with van der Waals surface area (Å²) in [6.07, 6.45) is 2.34. The van der Waals surface area contributed by atoms with Crippen molar-refractivity contribution >= 4 is 17.5 Å². The lowest BCUT2D eigenvalue weighted by molar-refractivity contribution is -0.120. The van der Waals surface area contributed by atoms with Gasteiger partial charge in [-0.15, -0.1) is 0 Å². The summed E-state index contributed by atoms with van der Waals surface area (Å²) in [5.74, 6) is -0.406. The van der Waals surface area contributed by atoms with Crippen LogP contribution in [0.5, 0.6) is 0 Å². The van der Waals surface area contributed by atoms with Gasteiger partial charge in [-0.05, 0) is 51.0 Å². The molecule has 1 aromatic heterocycles. The molecule has 0 saturated carbocycles. The van der Waals surface area contributed by atoms with Crippen molar-refractivity contribution in [2.45, 2.75) is 40.2 Å². The molecule has 1 atom stereocenters. The van der Waals surface area contributed by atoms with E-state index in [1.807, 2.05) is 75.4 Å². The lowest BCUT2D eigenvalue weighted by Crippen LogP contribution is -2.46. The third kappa shape index (κ3) is 4.43. The number of hydrogen-bond acceptors (Lipinski definition) is 3. The van der Waals surface area contributed by atoms with E-state index in [2.05, 4.69) is 10.4 Å². The Labute approximate surface area is 177 Å². The number of amides is 2. The molecule has 0 radical (unpaired) electrons. The average molecular weight is 405 g/mol. The molecule has 2 amide bonds. The molecule has 3 aromatic rings. The minimum atomic E-state index is -0.612. The highest BCUT2D eigenvalue weighted by atomic mass is 16.2. The summed E-state index contributed by atoms with van der Waals surface area (Å²) in [4.78, 5) is 27.8. The Morgan fingerprint density at radius 2 is 1.73 bits per heavy atom. The Bertz CT molecular complexity index is 1030. The molecular weight excluding hydrogens is 376 g/mol. The normalized spacial score (nSPS) is 11.7. The van der Waals surface area contributed by atoms with Gasteiger partial charge < -0.3 is 10.2 Å². The van der Waals surface area contributed by atoms with Gasteiger partial charge in [-0.2, -0.15) is 5.10 Å².